The minimum atomic E-state index is -1.07. The number of hydrogen-bond acceptors (Lipinski definition) is 6. The van der Waals surface area contributed by atoms with Crippen molar-refractivity contribution >= 4 is 17.4 Å². The van der Waals surface area contributed by atoms with Crippen LogP contribution in [0.1, 0.15) is 53.4 Å². The van der Waals surface area contributed by atoms with E-state index in [1.165, 1.54) is 0 Å². The third-order valence-corrected chi connectivity index (χ3v) is 6.05. The fourth-order valence-electron chi connectivity index (χ4n) is 5.02. The Hall–Kier alpha value is -0.360. The van der Waals surface area contributed by atoms with Gasteiger partial charge in [-0.1, -0.05) is 0 Å². The van der Waals surface area contributed by atoms with Gasteiger partial charge in [0.05, 0.1) is 16.3 Å². The minimum absolute atomic E-state index is 0.0637. The molecule has 2 N–H and O–H groups in total. The molecule has 1 saturated carbocycles. The molecule has 2 saturated heterocycles. The number of aliphatic hydroxyl groups excluding tert-OH is 1. The van der Waals surface area contributed by atoms with Gasteiger partial charge in [-0.25, -0.2) is 4.99 Å². The molecule has 6 heteroatoms. The van der Waals surface area contributed by atoms with Crippen molar-refractivity contribution in [2.45, 2.75) is 82.2 Å². The van der Waals surface area contributed by atoms with Crippen LogP contribution in [0.2, 0.25) is 0 Å². The SMILES string of the molecule is CC(C)(O)[C@@H]1CC[C@](C)(N=C=S)[C@@H]2CC[C@@]3(C)O[C@H](O)[C@@]21O3. The first-order valence-electron chi connectivity index (χ1n) is 7.95. The summed E-state index contributed by atoms with van der Waals surface area (Å²) in [6.45, 7) is 7.44. The third kappa shape index (κ3) is 2.13. The van der Waals surface area contributed by atoms with Crippen LogP contribution >= 0.6 is 12.2 Å². The lowest BCUT2D eigenvalue weighted by Crippen LogP contribution is -2.68. The molecular weight excluding hydrogens is 302 g/mol. The van der Waals surface area contributed by atoms with Gasteiger partial charge in [0.25, 0.3) is 0 Å². The molecule has 2 aliphatic heterocycles. The predicted octanol–water partition coefficient (Wildman–Crippen LogP) is 2.26. The molecule has 3 fully saturated rings. The standard InChI is InChI=1S/C16H25NO4S/c1-13(2,19)10-5-7-14(3,17-9-22)11-6-8-15(4)20-12(18)16(10,11)21-15/h10-12,18-19H,5-8H2,1-4H3/t10-,11-,12-,14-,15-,16-/m0/s1. The van der Waals surface area contributed by atoms with E-state index in [0.29, 0.717) is 12.8 Å². The molecule has 0 aromatic carbocycles. The Labute approximate surface area is 136 Å². The Morgan fingerprint density at radius 3 is 2.55 bits per heavy atom. The van der Waals surface area contributed by atoms with E-state index in [1.807, 2.05) is 13.8 Å². The van der Waals surface area contributed by atoms with Gasteiger partial charge in [-0.05, 0) is 59.2 Å². The summed E-state index contributed by atoms with van der Waals surface area (Å²) in [5, 5.41) is 23.9. The van der Waals surface area contributed by atoms with E-state index < -0.39 is 28.8 Å². The Bertz CT molecular complexity index is 529. The molecule has 5 nitrogen and oxygen atoms in total. The highest BCUT2D eigenvalue weighted by Gasteiger charge is 2.72. The van der Waals surface area contributed by atoms with Crippen molar-refractivity contribution in [3.8, 4) is 0 Å². The van der Waals surface area contributed by atoms with Gasteiger partial charge >= 0.3 is 0 Å². The summed E-state index contributed by atoms with van der Waals surface area (Å²) in [5.74, 6) is -1.08. The van der Waals surface area contributed by atoms with Crippen molar-refractivity contribution in [3.63, 3.8) is 0 Å². The molecule has 1 aliphatic carbocycles. The third-order valence-electron chi connectivity index (χ3n) is 5.96. The fourth-order valence-corrected chi connectivity index (χ4v) is 5.23. The molecule has 0 unspecified atom stereocenters. The quantitative estimate of drug-likeness (QED) is 0.601. The molecule has 0 aromatic heterocycles. The van der Waals surface area contributed by atoms with Crippen LogP contribution in [-0.2, 0) is 9.47 Å². The summed E-state index contributed by atoms with van der Waals surface area (Å²) in [4.78, 5) is 4.42. The van der Waals surface area contributed by atoms with Gasteiger partial charge in [0, 0.05) is 18.3 Å². The molecule has 0 radical (unpaired) electrons. The Kier molecular flexibility index (Phi) is 3.61. The number of thiocarbonyl (C=S) groups is 1. The zero-order chi connectivity index (χ0) is 16.4. The monoisotopic (exact) mass is 327 g/mol. The topological polar surface area (TPSA) is 71.3 Å². The van der Waals surface area contributed by atoms with E-state index >= 15 is 0 Å². The van der Waals surface area contributed by atoms with Crippen molar-refractivity contribution in [1.29, 1.82) is 0 Å². The van der Waals surface area contributed by atoms with Gasteiger partial charge in [-0.2, -0.15) is 0 Å². The molecule has 22 heavy (non-hydrogen) atoms. The van der Waals surface area contributed by atoms with Crippen molar-refractivity contribution in [3.05, 3.63) is 0 Å². The maximum atomic E-state index is 10.7. The summed E-state index contributed by atoms with van der Waals surface area (Å²) < 4.78 is 12.1. The average Bonchev–Trinajstić information content (AvgIpc) is 2.54. The van der Waals surface area contributed by atoms with Gasteiger partial charge in [0.1, 0.15) is 5.60 Å². The van der Waals surface area contributed by atoms with E-state index in [2.05, 4.69) is 10.2 Å². The molecule has 3 rings (SSSR count). The van der Waals surface area contributed by atoms with Crippen LogP contribution in [0.5, 0.6) is 0 Å². The Balaban J connectivity index is 2.14. The van der Waals surface area contributed by atoms with E-state index in [4.69, 9.17) is 21.7 Å². The highest BCUT2D eigenvalue weighted by Crippen LogP contribution is 2.62. The number of nitrogens with zero attached hydrogens (tertiary/aromatic N) is 1. The lowest BCUT2D eigenvalue weighted by atomic mass is 9.55. The second-order valence-corrected chi connectivity index (χ2v) is 8.14. The molecular formula is C16H25NO4S. The lowest BCUT2D eigenvalue weighted by molar-refractivity contribution is -0.268. The molecule has 0 amide bonds. The van der Waals surface area contributed by atoms with Gasteiger partial charge < -0.3 is 19.7 Å². The first kappa shape index (κ1) is 16.5. The summed E-state index contributed by atoms with van der Waals surface area (Å²) in [5.41, 5.74) is -2.37. The van der Waals surface area contributed by atoms with Crippen molar-refractivity contribution < 1.29 is 19.7 Å². The Morgan fingerprint density at radius 2 is 1.95 bits per heavy atom. The number of ether oxygens (including phenoxy) is 2. The van der Waals surface area contributed by atoms with Crippen LogP contribution < -0.4 is 0 Å². The van der Waals surface area contributed by atoms with Gasteiger partial charge in [0.2, 0.25) is 0 Å². The molecule has 3 aliphatic rings. The average molecular weight is 327 g/mol. The lowest BCUT2D eigenvalue weighted by Gasteiger charge is -2.58. The van der Waals surface area contributed by atoms with E-state index in [0.717, 1.165) is 12.8 Å². The maximum Gasteiger partial charge on any atom is 0.188 e. The second-order valence-electron chi connectivity index (χ2n) is 7.96. The normalized spacial score (nSPS) is 51.1. The predicted molar refractivity (Wildman–Crippen MR) is 84.5 cm³/mol. The van der Waals surface area contributed by atoms with Crippen LogP contribution in [0.25, 0.3) is 0 Å². The highest BCUT2D eigenvalue weighted by atomic mass is 32.1. The number of rotatable bonds is 2. The first-order valence-corrected chi connectivity index (χ1v) is 8.36. The highest BCUT2D eigenvalue weighted by molar-refractivity contribution is 7.78. The summed E-state index contributed by atoms with van der Waals surface area (Å²) in [6, 6.07) is 0. The molecule has 0 aromatic rings. The van der Waals surface area contributed by atoms with Crippen LogP contribution in [-0.4, -0.2) is 44.2 Å². The van der Waals surface area contributed by atoms with E-state index in [9.17, 15) is 10.2 Å². The summed E-state index contributed by atoms with van der Waals surface area (Å²) in [6.07, 6.45) is 1.91. The number of aliphatic hydroxyl groups is 2. The number of fused-ring (bicyclic) bond motifs is 1. The Morgan fingerprint density at radius 1 is 1.27 bits per heavy atom. The second kappa shape index (κ2) is 4.82. The molecule has 2 heterocycles. The molecule has 2 bridgehead atoms. The molecule has 124 valence electrons. The molecule has 6 atom stereocenters. The summed E-state index contributed by atoms with van der Waals surface area (Å²) >= 11 is 4.84. The largest absolute Gasteiger partial charge is 0.390 e. The number of isothiocyanates is 1. The van der Waals surface area contributed by atoms with Crippen molar-refractivity contribution in [2.24, 2.45) is 16.8 Å². The minimum Gasteiger partial charge on any atom is -0.390 e. The van der Waals surface area contributed by atoms with Crippen LogP contribution in [0.15, 0.2) is 4.99 Å². The van der Waals surface area contributed by atoms with E-state index in [1.54, 1.807) is 13.8 Å². The first-order chi connectivity index (χ1) is 10.1. The smallest absolute Gasteiger partial charge is 0.188 e. The zero-order valence-corrected chi connectivity index (χ0v) is 14.4. The molecule has 1 spiro atoms. The van der Waals surface area contributed by atoms with Gasteiger partial charge in [0.15, 0.2) is 12.1 Å². The summed E-state index contributed by atoms with van der Waals surface area (Å²) in [7, 11) is 0. The van der Waals surface area contributed by atoms with Crippen molar-refractivity contribution in [1.82, 2.24) is 0 Å². The van der Waals surface area contributed by atoms with Gasteiger partial charge in [-0.3, -0.25) is 0 Å². The number of hydrogen-bond donors (Lipinski definition) is 2. The van der Waals surface area contributed by atoms with Gasteiger partial charge in [-0.15, -0.1) is 0 Å². The maximum absolute atomic E-state index is 10.7. The fraction of sp³-hybridized carbons (Fsp3) is 0.938. The van der Waals surface area contributed by atoms with Crippen LogP contribution in [0.3, 0.4) is 0 Å². The number of aliphatic imine (C=N–C) groups is 1. The van der Waals surface area contributed by atoms with E-state index in [-0.39, 0.29) is 11.8 Å². The van der Waals surface area contributed by atoms with Crippen LogP contribution in [0, 0.1) is 11.8 Å². The zero-order valence-electron chi connectivity index (χ0n) is 13.6. The van der Waals surface area contributed by atoms with Crippen LogP contribution in [0.4, 0.5) is 0 Å². The van der Waals surface area contributed by atoms with Crippen molar-refractivity contribution in [2.75, 3.05) is 0 Å².